The van der Waals surface area contributed by atoms with Crippen molar-refractivity contribution in [3.8, 4) is 17.2 Å². The van der Waals surface area contributed by atoms with Crippen LogP contribution in [0.15, 0.2) is 54.7 Å². The summed E-state index contributed by atoms with van der Waals surface area (Å²) in [4.78, 5) is 4.28. The molecule has 2 aromatic carbocycles. The molecule has 3 rings (SSSR count). The van der Waals surface area contributed by atoms with Crippen molar-refractivity contribution >= 4 is 16.6 Å². The van der Waals surface area contributed by atoms with Crippen LogP contribution in [0.3, 0.4) is 0 Å². The summed E-state index contributed by atoms with van der Waals surface area (Å²) in [5.41, 5.74) is 6.62. The van der Waals surface area contributed by atoms with Gasteiger partial charge in [-0.1, -0.05) is 36.4 Å². The minimum absolute atomic E-state index is 0.435. The van der Waals surface area contributed by atoms with Gasteiger partial charge in [-0.25, -0.2) is 0 Å². The van der Waals surface area contributed by atoms with E-state index in [1.807, 2.05) is 48.5 Å². The van der Waals surface area contributed by atoms with Crippen molar-refractivity contribution in [2.75, 3.05) is 5.43 Å². The number of pyridine rings is 1. The zero-order chi connectivity index (χ0) is 13.9. The number of hydrogen-bond donors (Lipinski definition) is 2. The third-order valence-electron chi connectivity index (χ3n) is 3.24. The first-order valence-electron chi connectivity index (χ1n) is 6.18. The number of nitrogen functional groups attached to an aromatic ring is 1. The molecule has 0 atom stereocenters. The maximum absolute atomic E-state index is 9.11. The molecule has 0 saturated heterocycles. The molecule has 0 bridgehead atoms. The van der Waals surface area contributed by atoms with Crippen LogP contribution in [-0.4, -0.2) is 4.98 Å². The molecule has 0 amide bonds. The average molecular weight is 260 g/mol. The Hall–Kier alpha value is -2.90. The van der Waals surface area contributed by atoms with Gasteiger partial charge in [-0.2, -0.15) is 5.26 Å². The SMILES string of the molecule is N#Cc1cnc2ccc(-c3ccccc3)cc2c1NN. The lowest BCUT2D eigenvalue weighted by molar-refractivity contribution is 1.31. The molecule has 0 aliphatic heterocycles. The number of benzene rings is 2. The van der Waals surface area contributed by atoms with Crippen LogP contribution >= 0.6 is 0 Å². The van der Waals surface area contributed by atoms with E-state index in [0.717, 1.165) is 22.0 Å². The van der Waals surface area contributed by atoms with Crippen LogP contribution in [0, 0.1) is 11.3 Å². The fourth-order valence-electron chi connectivity index (χ4n) is 2.24. The van der Waals surface area contributed by atoms with Crippen LogP contribution in [-0.2, 0) is 0 Å². The van der Waals surface area contributed by atoms with Crippen LogP contribution in [0.1, 0.15) is 5.56 Å². The Kier molecular flexibility index (Phi) is 3.04. The Morgan fingerprint density at radius 3 is 2.55 bits per heavy atom. The molecule has 0 unspecified atom stereocenters. The topological polar surface area (TPSA) is 74.7 Å². The maximum Gasteiger partial charge on any atom is 0.103 e. The van der Waals surface area contributed by atoms with Crippen molar-refractivity contribution in [2.45, 2.75) is 0 Å². The summed E-state index contributed by atoms with van der Waals surface area (Å²) < 4.78 is 0. The van der Waals surface area contributed by atoms with Gasteiger partial charge in [0.05, 0.1) is 16.8 Å². The lowest BCUT2D eigenvalue weighted by atomic mass is 10.0. The lowest BCUT2D eigenvalue weighted by Crippen LogP contribution is -2.09. The summed E-state index contributed by atoms with van der Waals surface area (Å²) in [6.45, 7) is 0. The quantitative estimate of drug-likeness (QED) is 0.548. The molecule has 1 aromatic heterocycles. The number of aromatic nitrogens is 1. The molecule has 0 aliphatic rings. The molecule has 4 heteroatoms. The van der Waals surface area contributed by atoms with Gasteiger partial charge in [-0.3, -0.25) is 10.8 Å². The highest BCUT2D eigenvalue weighted by Crippen LogP contribution is 2.29. The number of hydrazine groups is 1. The van der Waals surface area contributed by atoms with Crippen molar-refractivity contribution in [1.29, 1.82) is 5.26 Å². The molecule has 96 valence electrons. The lowest BCUT2D eigenvalue weighted by Gasteiger charge is -2.09. The maximum atomic E-state index is 9.11. The van der Waals surface area contributed by atoms with Gasteiger partial charge in [0.25, 0.3) is 0 Å². The van der Waals surface area contributed by atoms with E-state index in [4.69, 9.17) is 11.1 Å². The van der Waals surface area contributed by atoms with Crippen LogP contribution in [0.4, 0.5) is 5.69 Å². The van der Waals surface area contributed by atoms with E-state index < -0.39 is 0 Å². The number of hydrogen-bond acceptors (Lipinski definition) is 4. The van der Waals surface area contributed by atoms with Crippen LogP contribution in [0.25, 0.3) is 22.0 Å². The molecule has 20 heavy (non-hydrogen) atoms. The van der Waals surface area contributed by atoms with Crippen LogP contribution in [0.5, 0.6) is 0 Å². The first-order chi connectivity index (χ1) is 9.83. The van der Waals surface area contributed by atoms with Crippen molar-refractivity contribution in [1.82, 2.24) is 4.98 Å². The molecular weight excluding hydrogens is 248 g/mol. The summed E-state index contributed by atoms with van der Waals surface area (Å²) in [5.74, 6) is 5.55. The van der Waals surface area contributed by atoms with Gasteiger partial charge in [0, 0.05) is 11.6 Å². The van der Waals surface area contributed by atoms with E-state index in [2.05, 4.69) is 16.5 Å². The van der Waals surface area contributed by atoms with Gasteiger partial charge in [0.2, 0.25) is 0 Å². The van der Waals surface area contributed by atoms with E-state index in [9.17, 15) is 0 Å². The Labute approximate surface area is 116 Å². The summed E-state index contributed by atoms with van der Waals surface area (Å²) in [6.07, 6.45) is 1.53. The van der Waals surface area contributed by atoms with Gasteiger partial charge in [-0.15, -0.1) is 0 Å². The molecule has 3 N–H and O–H groups in total. The van der Waals surface area contributed by atoms with E-state index in [1.54, 1.807) is 0 Å². The Morgan fingerprint density at radius 2 is 1.85 bits per heavy atom. The highest BCUT2D eigenvalue weighted by Gasteiger charge is 2.08. The molecule has 1 heterocycles. The van der Waals surface area contributed by atoms with Crippen molar-refractivity contribution in [3.05, 3.63) is 60.3 Å². The molecular formula is C16H12N4. The summed E-state index contributed by atoms with van der Waals surface area (Å²) in [5, 5.41) is 9.95. The Balaban J connectivity index is 2.27. The molecule has 3 aromatic rings. The number of nitrogens with one attached hydrogen (secondary N) is 1. The number of nitrogens with two attached hydrogens (primary N) is 1. The van der Waals surface area contributed by atoms with Crippen molar-refractivity contribution < 1.29 is 0 Å². The monoisotopic (exact) mass is 260 g/mol. The summed E-state index contributed by atoms with van der Waals surface area (Å²) in [6, 6.07) is 18.1. The third kappa shape index (κ3) is 1.96. The van der Waals surface area contributed by atoms with Crippen molar-refractivity contribution in [3.63, 3.8) is 0 Å². The number of nitrogens with zero attached hydrogens (tertiary/aromatic N) is 2. The molecule has 0 radical (unpaired) electrons. The third-order valence-corrected chi connectivity index (χ3v) is 3.24. The molecule has 0 saturated carbocycles. The summed E-state index contributed by atoms with van der Waals surface area (Å²) >= 11 is 0. The largest absolute Gasteiger partial charge is 0.322 e. The predicted octanol–water partition coefficient (Wildman–Crippen LogP) is 3.06. The van der Waals surface area contributed by atoms with Gasteiger partial charge >= 0.3 is 0 Å². The number of nitriles is 1. The van der Waals surface area contributed by atoms with Crippen molar-refractivity contribution in [2.24, 2.45) is 5.84 Å². The second kappa shape index (κ2) is 5.00. The van der Waals surface area contributed by atoms with E-state index in [1.165, 1.54) is 6.20 Å². The zero-order valence-electron chi connectivity index (χ0n) is 10.7. The summed E-state index contributed by atoms with van der Waals surface area (Å²) in [7, 11) is 0. The minimum Gasteiger partial charge on any atom is -0.322 e. The molecule has 4 nitrogen and oxygen atoms in total. The highest BCUT2D eigenvalue weighted by atomic mass is 15.2. The van der Waals surface area contributed by atoms with E-state index >= 15 is 0 Å². The Bertz CT molecular complexity index is 804. The fraction of sp³-hybridized carbons (Fsp3) is 0. The first kappa shape index (κ1) is 12.2. The second-order valence-corrected chi connectivity index (χ2v) is 4.40. The molecule has 0 spiro atoms. The van der Waals surface area contributed by atoms with Gasteiger partial charge < -0.3 is 5.43 Å². The highest BCUT2D eigenvalue weighted by molar-refractivity contribution is 5.96. The standard InChI is InChI=1S/C16H12N4/c17-9-13-10-19-15-7-6-12(8-14(15)16(13)20-18)11-4-2-1-3-5-11/h1-8,10H,18H2,(H,19,20). The van der Waals surface area contributed by atoms with Gasteiger partial charge in [0.1, 0.15) is 6.07 Å². The Morgan fingerprint density at radius 1 is 1.05 bits per heavy atom. The fourth-order valence-corrected chi connectivity index (χ4v) is 2.24. The average Bonchev–Trinajstić information content (AvgIpc) is 2.54. The number of fused-ring (bicyclic) bond motifs is 1. The second-order valence-electron chi connectivity index (χ2n) is 4.40. The first-order valence-corrected chi connectivity index (χ1v) is 6.18. The molecule has 0 aliphatic carbocycles. The normalized spacial score (nSPS) is 10.2. The smallest absolute Gasteiger partial charge is 0.103 e. The van der Waals surface area contributed by atoms with Crippen LogP contribution < -0.4 is 11.3 Å². The zero-order valence-corrected chi connectivity index (χ0v) is 10.7. The van der Waals surface area contributed by atoms with Crippen LogP contribution in [0.2, 0.25) is 0 Å². The number of rotatable bonds is 2. The predicted molar refractivity (Wildman–Crippen MR) is 79.7 cm³/mol. The van der Waals surface area contributed by atoms with Gasteiger partial charge in [0.15, 0.2) is 0 Å². The molecule has 0 fully saturated rings. The van der Waals surface area contributed by atoms with E-state index in [-0.39, 0.29) is 0 Å². The van der Waals surface area contributed by atoms with Gasteiger partial charge in [-0.05, 0) is 23.3 Å². The van der Waals surface area contributed by atoms with E-state index in [0.29, 0.717) is 11.3 Å². The minimum atomic E-state index is 0.435. The number of anilines is 1.